The second-order valence-electron chi connectivity index (χ2n) is 5.43. The van der Waals surface area contributed by atoms with Gasteiger partial charge in [-0.25, -0.2) is 0 Å². The molecule has 19 heavy (non-hydrogen) atoms. The zero-order valence-electron chi connectivity index (χ0n) is 10.9. The van der Waals surface area contributed by atoms with Crippen LogP contribution in [0.15, 0.2) is 40.9 Å². The Hall–Kier alpha value is -1.90. The van der Waals surface area contributed by atoms with E-state index in [2.05, 4.69) is 46.5 Å². The Morgan fingerprint density at radius 1 is 1.26 bits per heavy atom. The number of rotatable bonds is 3. The molecule has 0 bridgehead atoms. The summed E-state index contributed by atoms with van der Waals surface area (Å²) in [5.41, 5.74) is 2.84. The highest BCUT2D eigenvalue weighted by atomic mass is 16.5. The quantitative estimate of drug-likeness (QED) is 0.839. The first kappa shape index (κ1) is 11.0. The van der Waals surface area contributed by atoms with Crippen LogP contribution in [0.4, 0.5) is 0 Å². The van der Waals surface area contributed by atoms with Gasteiger partial charge in [0.25, 0.3) is 0 Å². The molecule has 1 fully saturated rings. The number of benzene rings is 1. The lowest BCUT2D eigenvalue weighted by molar-refractivity contribution is 0.376. The first-order chi connectivity index (χ1) is 9.36. The molecule has 0 spiro atoms. The van der Waals surface area contributed by atoms with Crippen LogP contribution < -0.4 is 0 Å². The highest BCUT2D eigenvalue weighted by Crippen LogP contribution is 2.62. The van der Waals surface area contributed by atoms with E-state index in [0.717, 1.165) is 24.6 Å². The van der Waals surface area contributed by atoms with Crippen LogP contribution in [0.2, 0.25) is 0 Å². The Labute approximate surface area is 112 Å². The molecule has 0 saturated heterocycles. The molecule has 4 rings (SSSR count). The van der Waals surface area contributed by atoms with Gasteiger partial charge in [-0.3, -0.25) is 0 Å². The van der Waals surface area contributed by atoms with Gasteiger partial charge < -0.3 is 4.52 Å². The van der Waals surface area contributed by atoms with Gasteiger partial charge in [-0.1, -0.05) is 48.5 Å². The van der Waals surface area contributed by atoms with Crippen molar-refractivity contribution in [3.05, 3.63) is 53.7 Å². The van der Waals surface area contributed by atoms with Gasteiger partial charge in [-0.15, -0.1) is 0 Å². The lowest BCUT2D eigenvalue weighted by atomic mass is 10.0. The molecule has 0 aliphatic heterocycles. The van der Waals surface area contributed by atoms with Crippen LogP contribution >= 0.6 is 0 Å². The van der Waals surface area contributed by atoms with E-state index in [-0.39, 0.29) is 0 Å². The fourth-order valence-corrected chi connectivity index (χ4v) is 3.22. The average Bonchev–Trinajstić information content (AvgIpc) is 2.89. The number of nitrogens with zero attached hydrogens (tertiary/aromatic N) is 2. The first-order valence-electron chi connectivity index (χ1n) is 6.95. The van der Waals surface area contributed by atoms with Crippen LogP contribution in [0.3, 0.4) is 0 Å². The number of aryl methyl sites for hydroxylation is 1. The highest BCUT2D eigenvalue weighted by Gasteiger charge is 2.55. The zero-order chi connectivity index (χ0) is 12.8. The SMILES string of the molecule is CCc1nc([C@@H]2C3C=C(c4ccccc4)C[C@H]32)no1. The fraction of sp³-hybridized carbons (Fsp3) is 0.375. The van der Waals surface area contributed by atoms with Crippen molar-refractivity contribution < 1.29 is 4.52 Å². The van der Waals surface area contributed by atoms with Crippen LogP contribution in [-0.4, -0.2) is 10.1 Å². The van der Waals surface area contributed by atoms with Gasteiger partial charge in [0, 0.05) is 12.3 Å². The van der Waals surface area contributed by atoms with Crippen molar-refractivity contribution in [2.75, 3.05) is 0 Å². The molecule has 96 valence electrons. The van der Waals surface area contributed by atoms with Gasteiger partial charge in [-0.2, -0.15) is 4.98 Å². The van der Waals surface area contributed by atoms with Crippen LogP contribution in [0.25, 0.3) is 5.57 Å². The molecule has 3 atom stereocenters. The van der Waals surface area contributed by atoms with E-state index in [1.54, 1.807) is 0 Å². The summed E-state index contributed by atoms with van der Waals surface area (Å²) in [5.74, 6) is 3.48. The van der Waals surface area contributed by atoms with E-state index in [1.807, 2.05) is 6.92 Å². The van der Waals surface area contributed by atoms with Crippen molar-refractivity contribution in [3.8, 4) is 0 Å². The summed E-state index contributed by atoms with van der Waals surface area (Å²) in [5, 5.41) is 4.11. The molecule has 1 aromatic heterocycles. The van der Waals surface area contributed by atoms with Gasteiger partial charge in [0.05, 0.1) is 0 Å². The minimum atomic E-state index is 0.497. The molecular weight excluding hydrogens is 236 g/mol. The van der Waals surface area contributed by atoms with Crippen LogP contribution in [0.5, 0.6) is 0 Å². The van der Waals surface area contributed by atoms with Gasteiger partial charge in [0.2, 0.25) is 5.89 Å². The van der Waals surface area contributed by atoms with Crippen molar-refractivity contribution >= 4 is 5.57 Å². The molecule has 1 unspecified atom stereocenters. The summed E-state index contributed by atoms with van der Waals surface area (Å²) in [6.07, 6.45) is 4.38. The standard InChI is InChI=1S/C16H16N2O/c1-2-14-17-16(18-19-14)15-12-8-11(9-13(12)15)10-6-4-3-5-7-10/h3-8,12-13,15H,2,9H2,1H3/t12?,13-,15-/m1/s1. The summed E-state index contributed by atoms with van der Waals surface area (Å²) in [4.78, 5) is 4.46. The third-order valence-corrected chi connectivity index (χ3v) is 4.31. The molecule has 1 heterocycles. The van der Waals surface area contributed by atoms with Crippen molar-refractivity contribution in [3.63, 3.8) is 0 Å². The lowest BCUT2D eigenvalue weighted by Crippen LogP contribution is -1.92. The summed E-state index contributed by atoms with van der Waals surface area (Å²) >= 11 is 0. The summed E-state index contributed by atoms with van der Waals surface area (Å²) < 4.78 is 5.21. The second-order valence-corrected chi connectivity index (χ2v) is 5.43. The third kappa shape index (κ3) is 1.72. The molecule has 1 aromatic carbocycles. The second kappa shape index (κ2) is 4.05. The van der Waals surface area contributed by atoms with Gasteiger partial charge in [0.15, 0.2) is 5.82 Å². The molecule has 2 aliphatic rings. The Balaban J connectivity index is 1.54. The smallest absolute Gasteiger partial charge is 0.226 e. The maximum absolute atomic E-state index is 5.21. The largest absolute Gasteiger partial charge is 0.339 e. The Bertz CT molecular complexity index is 629. The van der Waals surface area contributed by atoms with Crippen molar-refractivity contribution in [2.45, 2.75) is 25.7 Å². The monoisotopic (exact) mass is 252 g/mol. The van der Waals surface area contributed by atoms with E-state index in [0.29, 0.717) is 17.8 Å². The van der Waals surface area contributed by atoms with Gasteiger partial charge in [0.1, 0.15) is 0 Å². The van der Waals surface area contributed by atoms with Crippen LogP contribution in [0.1, 0.15) is 36.5 Å². The van der Waals surface area contributed by atoms with E-state index in [1.165, 1.54) is 11.1 Å². The van der Waals surface area contributed by atoms with Crippen LogP contribution in [0, 0.1) is 11.8 Å². The van der Waals surface area contributed by atoms with E-state index >= 15 is 0 Å². The van der Waals surface area contributed by atoms with Gasteiger partial charge in [-0.05, 0) is 29.4 Å². The van der Waals surface area contributed by atoms with E-state index < -0.39 is 0 Å². The zero-order valence-corrected chi connectivity index (χ0v) is 10.9. The Morgan fingerprint density at radius 2 is 2.11 bits per heavy atom. The van der Waals surface area contributed by atoms with Crippen LogP contribution in [-0.2, 0) is 6.42 Å². The normalized spacial score (nSPS) is 28.1. The lowest BCUT2D eigenvalue weighted by Gasteiger charge is -2.04. The Morgan fingerprint density at radius 3 is 2.74 bits per heavy atom. The first-order valence-corrected chi connectivity index (χ1v) is 6.95. The van der Waals surface area contributed by atoms with Crippen molar-refractivity contribution in [2.24, 2.45) is 11.8 Å². The number of hydrogen-bond acceptors (Lipinski definition) is 3. The molecule has 3 nitrogen and oxygen atoms in total. The minimum Gasteiger partial charge on any atom is -0.339 e. The van der Waals surface area contributed by atoms with Crippen molar-refractivity contribution in [1.29, 1.82) is 0 Å². The fourth-order valence-electron chi connectivity index (χ4n) is 3.22. The summed E-state index contributed by atoms with van der Waals surface area (Å²) in [6, 6.07) is 10.6. The highest BCUT2D eigenvalue weighted by molar-refractivity contribution is 5.70. The minimum absolute atomic E-state index is 0.497. The molecule has 3 heteroatoms. The average molecular weight is 252 g/mol. The number of fused-ring (bicyclic) bond motifs is 1. The molecular formula is C16H16N2O. The number of allylic oxidation sites excluding steroid dienone is 2. The van der Waals surface area contributed by atoms with E-state index in [9.17, 15) is 0 Å². The molecule has 2 aliphatic carbocycles. The predicted octanol–water partition coefficient (Wildman–Crippen LogP) is 3.45. The predicted molar refractivity (Wildman–Crippen MR) is 72.4 cm³/mol. The third-order valence-electron chi connectivity index (χ3n) is 4.31. The number of aromatic nitrogens is 2. The summed E-state index contributed by atoms with van der Waals surface area (Å²) in [6.45, 7) is 2.04. The molecule has 0 amide bonds. The maximum Gasteiger partial charge on any atom is 0.226 e. The molecule has 0 N–H and O–H groups in total. The van der Waals surface area contributed by atoms with Gasteiger partial charge >= 0.3 is 0 Å². The number of hydrogen-bond donors (Lipinski definition) is 0. The molecule has 1 saturated carbocycles. The summed E-state index contributed by atoms with van der Waals surface area (Å²) in [7, 11) is 0. The topological polar surface area (TPSA) is 38.9 Å². The maximum atomic E-state index is 5.21. The molecule has 0 radical (unpaired) electrons. The van der Waals surface area contributed by atoms with Crippen molar-refractivity contribution in [1.82, 2.24) is 10.1 Å². The molecule has 2 aromatic rings. The van der Waals surface area contributed by atoms with E-state index in [4.69, 9.17) is 4.52 Å². The Kier molecular flexibility index (Phi) is 2.34.